The first-order valence-corrected chi connectivity index (χ1v) is 7.77. The zero-order valence-electron chi connectivity index (χ0n) is 13.5. The highest BCUT2D eigenvalue weighted by atomic mass is 16.6. The van der Waals surface area contributed by atoms with Crippen molar-refractivity contribution in [3.63, 3.8) is 0 Å². The number of rotatable bonds is 5. The molecule has 2 atom stereocenters. The van der Waals surface area contributed by atoms with Crippen LogP contribution >= 0.6 is 0 Å². The lowest BCUT2D eigenvalue weighted by molar-refractivity contribution is -0.384. The van der Waals surface area contributed by atoms with Crippen molar-refractivity contribution < 1.29 is 14.5 Å². The summed E-state index contributed by atoms with van der Waals surface area (Å²) in [6.07, 6.45) is -0.615. The molecule has 0 bridgehead atoms. The zero-order chi connectivity index (χ0) is 17.3. The summed E-state index contributed by atoms with van der Waals surface area (Å²) in [5.74, 6) is 0.559. The third-order valence-corrected chi connectivity index (χ3v) is 4.09. The molecule has 2 aromatic rings. The van der Waals surface area contributed by atoms with Crippen LogP contribution in [-0.4, -0.2) is 27.9 Å². The average Bonchev–Trinajstić information content (AvgIpc) is 2.58. The molecule has 1 aliphatic rings. The predicted octanol–water partition coefficient (Wildman–Crippen LogP) is 3.33. The van der Waals surface area contributed by atoms with Gasteiger partial charge >= 0.3 is 0 Å². The lowest BCUT2D eigenvalue weighted by Crippen LogP contribution is -2.63. The third kappa shape index (κ3) is 2.82. The summed E-state index contributed by atoms with van der Waals surface area (Å²) >= 11 is 0. The molecular weight excluding hydrogens is 308 g/mol. The third-order valence-electron chi connectivity index (χ3n) is 4.09. The van der Waals surface area contributed by atoms with Gasteiger partial charge < -0.3 is 9.64 Å². The normalized spacial score (nSPS) is 20.0. The Balaban J connectivity index is 1.88. The minimum atomic E-state index is -0.615. The molecule has 24 heavy (non-hydrogen) atoms. The number of nitro benzene ring substituents is 1. The van der Waals surface area contributed by atoms with Gasteiger partial charge in [0, 0.05) is 18.2 Å². The van der Waals surface area contributed by atoms with Crippen LogP contribution in [0.15, 0.2) is 54.6 Å². The molecule has 2 aromatic carbocycles. The first-order chi connectivity index (χ1) is 11.5. The van der Waals surface area contributed by atoms with E-state index in [0.29, 0.717) is 5.75 Å². The van der Waals surface area contributed by atoms with Crippen LogP contribution in [0, 0.1) is 10.1 Å². The van der Waals surface area contributed by atoms with Gasteiger partial charge in [-0.25, -0.2) is 0 Å². The number of nitrogens with zero attached hydrogens (tertiary/aromatic N) is 2. The van der Waals surface area contributed by atoms with E-state index in [4.69, 9.17) is 4.74 Å². The van der Waals surface area contributed by atoms with Crippen molar-refractivity contribution in [2.24, 2.45) is 0 Å². The molecule has 1 amide bonds. The van der Waals surface area contributed by atoms with Crippen molar-refractivity contribution in [3.05, 3.63) is 70.3 Å². The number of amides is 1. The Bertz CT molecular complexity index is 743. The molecule has 0 radical (unpaired) electrons. The average molecular weight is 326 g/mol. The first kappa shape index (κ1) is 16.0. The number of β-lactam (4-membered cyclic amide) rings is 1. The number of likely N-dealkylation sites (tertiary alicyclic amines) is 1. The highest BCUT2D eigenvalue weighted by molar-refractivity contribution is 5.89. The molecule has 0 unspecified atom stereocenters. The zero-order valence-corrected chi connectivity index (χ0v) is 13.5. The molecule has 0 spiro atoms. The molecule has 0 aromatic heterocycles. The summed E-state index contributed by atoms with van der Waals surface area (Å²) in [5.41, 5.74) is 0.857. The van der Waals surface area contributed by atoms with Crippen LogP contribution in [0.4, 0.5) is 5.69 Å². The number of non-ortho nitro benzene ring substituents is 1. The fraction of sp³-hybridized carbons (Fsp3) is 0.278. The van der Waals surface area contributed by atoms with Crippen LogP contribution in [-0.2, 0) is 4.79 Å². The molecule has 1 heterocycles. The van der Waals surface area contributed by atoms with E-state index in [0.717, 1.165) is 5.56 Å². The molecule has 1 aliphatic heterocycles. The Morgan fingerprint density at radius 1 is 1.08 bits per heavy atom. The highest BCUT2D eigenvalue weighted by Crippen LogP contribution is 2.39. The molecule has 0 saturated carbocycles. The lowest BCUT2D eigenvalue weighted by Gasteiger charge is -2.49. The van der Waals surface area contributed by atoms with Gasteiger partial charge in [0.05, 0.1) is 4.92 Å². The number of benzene rings is 2. The van der Waals surface area contributed by atoms with E-state index in [-0.39, 0.29) is 23.7 Å². The molecular formula is C18H18N2O4. The highest BCUT2D eigenvalue weighted by Gasteiger charge is 2.51. The van der Waals surface area contributed by atoms with Crippen LogP contribution < -0.4 is 4.74 Å². The fourth-order valence-electron chi connectivity index (χ4n) is 2.95. The topological polar surface area (TPSA) is 72.7 Å². The maximum absolute atomic E-state index is 12.5. The van der Waals surface area contributed by atoms with Crippen molar-refractivity contribution in [1.29, 1.82) is 0 Å². The molecule has 6 heteroatoms. The van der Waals surface area contributed by atoms with Crippen LogP contribution in [0.1, 0.15) is 25.5 Å². The SMILES string of the molecule is CC(C)N1C(=O)[C@@H](Oc2ccccc2)[C@@H]1c1ccc([N+](=O)[O-])cc1. The van der Waals surface area contributed by atoms with Gasteiger partial charge in [-0.2, -0.15) is 0 Å². The van der Waals surface area contributed by atoms with Crippen molar-refractivity contribution >= 4 is 11.6 Å². The smallest absolute Gasteiger partial charge is 0.269 e. The summed E-state index contributed by atoms with van der Waals surface area (Å²) in [6, 6.07) is 15.2. The quantitative estimate of drug-likeness (QED) is 0.480. The van der Waals surface area contributed by atoms with Crippen LogP contribution in [0.2, 0.25) is 0 Å². The second kappa shape index (κ2) is 6.31. The van der Waals surface area contributed by atoms with E-state index in [1.54, 1.807) is 29.2 Å². The van der Waals surface area contributed by atoms with E-state index in [1.165, 1.54) is 12.1 Å². The van der Waals surface area contributed by atoms with E-state index in [9.17, 15) is 14.9 Å². The van der Waals surface area contributed by atoms with Gasteiger partial charge in [0.15, 0.2) is 0 Å². The van der Waals surface area contributed by atoms with Gasteiger partial charge in [-0.3, -0.25) is 14.9 Å². The lowest BCUT2D eigenvalue weighted by atomic mass is 9.89. The van der Waals surface area contributed by atoms with E-state index < -0.39 is 11.0 Å². The van der Waals surface area contributed by atoms with Crippen molar-refractivity contribution in [1.82, 2.24) is 4.90 Å². The van der Waals surface area contributed by atoms with Crippen LogP contribution in [0.3, 0.4) is 0 Å². The Kier molecular flexibility index (Phi) is 4.20. The summed E-state index contributed by atoms with van der Waals surface area (Å²) < 4.78 is 5.86. The molecule has 0 aliphatic carbocycles. The Morgan fingerprint density at radius 3 is 2.25 bits per heavy atom. The van der Waals surface area contributed by atoms with E-state index in [2.05, 4.69) is 0 Å². The van der Waals surface area contributed by atoms with E-state index in [1.807, 2.05) is 32.0 Å². The monoisotopic (exact) mass is 326 g/mol. The summed E-state index contributed by atoms with van der Waals surface area (Å²) in [5, 5.41) is 10.8. The Hall–Kier alpha value is -2.89. The second-order valence-corrected chi connectivity index (χ2v) is 5.98. The maximum Gasteiger partial charge on any atom is 0.269 e. The van der Waals surface area contributed by atoms with Gasteiger partial charge in [0.2, 0.25) is 6.10 Å². The van der Waals surface area contributed by atoms with E-state index >= 15 is 0 Å². The predicted molar refractivity (Wildman–Crippen MR) is 88.7 cm³/mol. The number of ether oxygens (including phenoxy) is 1. The number of carbonyl (C=O) groups is 1. The van der Waals surface area contributed by atoms with Gasteiger partial charge in [-0.05, 0) is 43.7 Å². The maximum atomic E-state index is 12.5. The van der Waals surface area contributed by atoms with Crippen molar-refractivity contribution in [2.75, 3.05) is 0 Å². The number of para-hydroxylation sites is 1. The number of hydrogen-bond acceptors (Lipinski definition) is 4. The van der Waals surface area contributed by atoms with Gasteiger partial charge in [0.1, 0.15) is 11.8 Å². The molecule has 0 N–H and O–H groups in total. The van der Waals surface area contributed by atoms with Crippen molar-refractivity contribution in [2.45, 2.75) is 32.0 Å². The molecule has 1 saturated heterocycles. The molecule has 6 nitrogen and oxygen atoms in total. The van der Waals surface area contributed by atoms with Crippen molar-refractivity contribution in [3.8, 4) is 5.75 Å². The largest absolute Gasteiger partial charge is 0.478 e. The van der Waals surface area contributed by atoms with Gasteiger partial charge in [0.25, 0.3) is 11.6 Å². The minimum Gasteiger partial charge on any atom is -0.478 e. The molecule has 124 valence electrons. The van der Waals surface area contributed by atoms with Gasteiger partial charge in [-0.15, -0.1) is 0 Å². The number of nitro groups is 1. The Morgan fingerprint density at radius 2 is 1.71 bits per heavy atom. The fourth-order valence-corrected chi connectivity index (χ4v) is 2.95. The van der Waals surface area contributed by atoms with Gasteiger partial charge in [-0.1, -0.05) is 18.2 Å². The number of hydrogen-bond donors (Lipinski definition) is 0. The first-order valence-electron chi connectivity index (χ1n) is 7.77. The standard InChI is InChI=1S/C18H18N2O4/c1-12(2)19-16(13-8-10-14(11-9-13)20(22)23)17(18(19)21)24-15-6-4-3-5-7-15/h3-12,16-17H,1-2H3/t16-,17-/m0/s1. The minimum absolute atomic E-state index is 0.0216. The Labute approximate surface area is 139 Å². The van der Waals surface area contributed by atoms with Crippen LogP contribution in [0.5, 0.6) is 5.75 Å². The number of carbonyl (C=O) groups excluding carboxylic acids is 1. The summed E-state index contributed by atoms with van der Waals surface area (Å²) in [4.78, 5) is 24.6. The summed E-state index contributed by atoms with van der Waals surface area (Å²) in [6.45, 7) is 3.88. The summed E-state index contributed by atoms with van der Waals surface area (Å²) in [7, 11) is 0. The van der Waals surface area contributed by atoms with Crippen LogP contribution in [0.25, 0.3) is 0 Å². The molecule has 1 fully saturated rings. The molecule has 3 rings (SSSR count). The second-order valence-electron chi connectivity index (χ2n) is 5.98.